The van der Waals surface area contributed by atoms with E-state index in [1.807, 2.05) is 36.6 Å². The van der Waals surface area contributed by atoms with Gasteiger partial charge in [0.15, 0.2) is 10.8 Å². The molecular weight excluding hydrogens is 322 g/mol. The fourth-order valence-electron chi connectivity index (χ4n) is 2.07. The predicted molar refractivity (Wildman–Crippen MR) is 97.8 cm³/mol. The molecule has 0 aliphatic rings. The lowest BCUT2D eigenvalue weighted by atomic mass is 10.1. The van der Waals surface area contributed by atoms with E-state index >= 15 is 0 Å². The second-order valence-electron chi connectivity index (χ2n) is 4.91. The summed E-state index contributed by atoms with van der Waals surface area (Å²) >= 11 is 1.37. The van der Waals surface area contributed by atoms with Crippen molar-refractivity contribution in [2.24, 2.45) is 0 Å². The van der Waals surface area contributed by atoms with Crippen LogP contribution in [0.5, 0.6) is 5.75 Å². The second-order valence-corrected chi connectivity index (χ2v) is 5.77. The SMILES string of the molecule is C.COc1cccnc1C(=O)Nc1nc(-c2ccc(C)cc2)cs1. The van der Waals surface area contributed by atoms with Crippen LogP contribution in [0.4, 0.5) is 5.13 Å². The van der Waals surface area contributed by atoms with Crippen LogP contribution in [0.3, 0.4) is 0 Å². The zero-order valence-electron chi connectivity index (χ0n) is 12.7. The molecule has 5 nitrogen and oxygen atoms in total. The Morgan fingerprint density at radius 2 is 1.96 bits per heavy atom. The first-order valence-electron chi connectivity index (χ1n) is 7.00. The average molecular weight is 341 g/mol. The molecule has 0 aliphatic carbocycles. The highest BCUT2D eigenvalue weighted by Gasteiger charge is 2.15. The van der Waals surface area contributed by atoms with Gasteiger partial charge in [0.1, 0.15) is 5.75 Å². The zero-order valence-corrected chi connectivity index (χ0v) is 13.6. The molecule has 0 saturated carbocycles. The number of aryl methyl sites for hydroxylation is 1. The van der Waals surface area contributed by atoms with Gasteiger partial charge >= 0.3 is 0 Å². The lowest BCUT2D eigenvalue weighted by Gasteiger charge is -2.05. The van der Waals surface area contributed by atoms with Crippen molar-refractivity contribution in [2.45, 2.75) is 14.4 Å². The summed E-state index contributed by atoms with van der Waals surface area (Å²) in [4.78, 5) is 20.8. The number of carbonyl (C=O) groups is 1. The highest BCUT2D eigenvalue weighted by Crippen LogP contribution is 2.26. The minimum atomic E-state index is -0.341. The third-order valence-corrected chi connectivity index (χ3v) is 4.04. The highest BCUT2D eigenvalue weighted by atomic mass is 32.1. The number of amides is 1. The van der Waals surface area contributed by atoms with Crippen molar-refractivity contribution >= 4 is 22.4 Å². The summed E-state index contributed by atoms with van der Waals surface area (Å²) < 4.78 is 5.15. The van der Waals surface area contributed by atoms with E-state index < -0.39 is 0 Å². The van der Waals surface area contributed by atoms with Crippen molar-refractivity contribution in [3.05, 3.63) is 59.2 Å². The number of thiazole rings is 1. The Bertz CT molecular complexity index is 828. The summed E-state index contributed by atoms with van der Waals surface area (Å²) in [7, 11) is 1.51. The van der Waals surface area contributed by atoms with Crippen LogP contribution >= 0.6 is 11.3 Å². The fourth-order valence-corrected chi connectivity index (χ4v) is 2.78. The standard InChI is InChI=1S/C17H15N3O2S.CH4/c1-11-5-7-12(8-6-11)13-10-23-17(19-13)20-16(21)15-14(22-2)4-3-9-18-15;/h3-10H,1-2H3,(H,19,20,21);1H4. The van der Waals surface area contributed by atoms with E-state index in [4.69, 9.17) is 4.74 Å². The van der Waals surface area contributed by atoms with Crippen molar-refractivity contribution in [3.63, 3.8) is 0 Å². The Morgan fingerprint density at radius 1 is 1.21 bits per heavy atom. The number of hydrogen-bond donors (Lipinski definition) is 1. The number of nitrogens with one attached hydrogen (secondary N) is 1. The van der Waals surface area contributed by atoms with Crippen LogP contribution in [0, 0.1) is 6.92 Å². The van der Waals surface area contributed by atoms with Gasteiger partial charge in [0.25, 0.3) is 5.91 Å². The molecule has 0 saturated heterocycles. The minimum Gasteiger partial charge on any atom is -0.494 e. The molecule has 0 aliphatic heterocycles. The number of methoxy groups -OCH3 is 1. The van der Waals surface area contributed by atoms with Gasteiger partial charge in [-0.3, -0.25) is 10.1 Å². The van der Waals surface area contributed by atoms with Gasteiger partial charge in [-0.25, -0.2) is 9.97 Å². The molecule has 3 aromatic rings. The molecule has 0 spiro atoms. The van der Waals surface area contributed by atoms with Crippen molar-refractivity contribution in [3.8, 4) is 17.0 Å². The van der Waals surface area contributed by atoms with Gasteiger partial charge in [-0.15, -0.1) is 11.3 Å². The number of rotatable bonds is 4. The average Bonchev–Trinajstić information content (AvgIpc) is 3.04. The molecule has 2 heterocycles. The molecule has 0 unspecified atom stereocenters. The topological polar surface area (TPSA) is 64.1 Å². The number of hydrogen-bond acceptors (Lipinski definition) is 5. The van der Waals surface area contributed by atoms with Gasteiger partial charge in [0.2, 0.25) is 0 Å². The Kier molecular flexibility index (Phi) is 5.65. The van der Waals surface area contributed by atoms with Crippen LogP contribution in [-0.2, 0) is 0 Å². The maximum atomic E-state index is 12.3. The quantitative estimate of drug-likeness (QED) is 0.763. The smallest absolute Gasteiger partial charge is 0.279 e. The van der Waals surface area contributed by atoms with Crippen LogP contribution < -0.4 is 10.1 Å². The first-order chi connectivity index (χ1) is 11.2. The number of carbonyl (C=O) groups excluding carboxylic acids is 1. The van der Waals surface area contributed by atoms with E-state index in [0.717, 1.165) is 11.3 Å². The molecule has 0 radical (unpaired) electrons. The first kappa shape index (κ1) is 17.6. The van der Waals surface area contributed by atoms with E-state index in [1.54, 1.807) is 18.3 Å². The number of aromatic nitrogens is 2. The normalized spacial score (nSPS) is 9.92. The zero-order chi connectivity index (χ0) is 16.2. The van der Waals surface area contributed by atoms with Gasteiger partial charge < -0.3 is 4.74 Å². The summed E-state index contributed by atoms with van der Waals surface area (Å²) in [6, 6.07) is 11.5. The largest absolute Gasteiger partial charge is 0.494 e. The van der Waals surface area contributed by atoms with Gasteiger partial charge in [0.05, 0.1) is 12.8 Å². The molecule has 1 amide bonds. The summed E-state index contributed by atoms with van der Waals surface area (Å²) in [6.45, 7) is 2.04. The third kappa shape index (κ3) is 3.78. The maximum absolute atomic E-state index is 12.3. The van der Waals surface area contributed by atoms with E-state index in [9.17, 15) is 4.79 Å². The predicted octanol–water partition coefficient (Wildman–Crippen LogP) is 4.41. The molecular formula is C18H19N3O2S. The molecule has 24 heavy (non-hydrogen) atoms. The molecule has 2 aromatic heterocycles. The lowest BCUT2D eigenvalue weighted by molar-refractivity contribution is 0.101. The molecule has 1 N–H and O–H groups in total. The van der Waals surface area contributed by atoms with Crippen LogP contribution in [0.25, 0.3) is 11.3 Å². The monoisotopic (exact) mass is 341 g/mol. The number of anilines is 1. The van der Waals surface area contributed by atoms with Gasteiger partial charge in [-0.2, -0.15) is 0 Å². The minimum absolute atomic E-state index is 0. The second kappa shape index (κ2) is 7.70. The molecule has 0 atom stereocenters. The Labute approximate surface area is 145 Å². The van der Waals surface area contributed by atoms with Gasteiger partial charge in [-0.1, -0.05) is 37.3 Å². The molecule has 0 bridgehead atoms. The summed E-state index contributed by atoms with van der Waals surface area (Å²) in [6.07, 6.45) is 1.55. The van der Waals surface area contributed by atoms with E-state index in [1.165, 1.54) is 24.0 Å². The van der Waals surface area contributed by atoms with E-state index in [0.29, 0.717) is 10.9 Å². The number of benzene rings is 1. The van der Waals surface area contributed by atoms with Crippen molar-refractivity contribution in [1.82, 2.24) is 9.97 Å². The Balaban J connectivity index is 0.00000208. The van der Waals surface area contributed by atoms with Crippen LogP contribution in [0.2, 0.25) is 0 Å². The molecule has 0 fully saturated rings. The lowest BCUT2D eigenvalue weighted by Crippen LogP contribution is -2.14. The molecule has 1 aromatic carbocycles. The summed E-state index contributed by atoms with van der Waals surface area (Å²) in [5.41, 5.74) is 3.28. The van der Waals surface area contributed by atoms with Gasteiger partial charge in [-0.05, 0) is 19.1 Å². The van der Waals surface area contributed by atoms with Crippen molar-refractivity contribution in [1.29, 1.82) is 0 Å². The third-order valence-electron chi connectivity index (χ3n) is 3.28. The Morgan fingerprint density at radius 3 is 2.67 bits per heavy atom. The molecule has 6 heteroatoms. The van der Waals surface area contributed by atoms with E-state index in [2.05, 4.69) is 15.3 Å². The molecule has 3 rings (SSSR count). The Hall–Kier alpha value is -2.73. The highest BCUT2D eigenvalue weighted by molar-refractivity contribution is 7.14. The fraction of sp³-hybridized carbons (Fsp3) is 0.167. The maximum Gasteiger partial charge on any atom is 0.279 e. The van der Waals surface area contributed by atoms with E-state index in [-0.39, 0.29) is 19.0 Å². The van der Waals surface area contributed by atoms with Crippen LogP contribution in [0.1, 0.15) is 23.5 Å². The summed E-state index contributed by atoms with van der Waals surface area (Å²) in [5.74, 6) is 0.0903. The van der Waals surface area contributed by atoms with Crippen LogP contribution in [0.15, 0.2) is 48.0 Å². The van der Waals surface area contributed by atoms with Crippen LogP contribution in [-0.4, -0.2) is 23.0 Å². The summed E-state index contributed by atoms with van der Waals surface area (Å²) in [5, 5.41) is 5.20. The van der Waals surface area contributed by atoms with Crippen molar-refractivity contribution < 1.29 is 9.53 Å². The number of nitrogens with zero attached hydrogens (tertiary/aromatic N) is 2. The molecule has 124 valence electrons. The first-order valence-corrected chi connectivity index (χ1v) is 7.88. The number of pyridine rings is 1. The van der Waals surface area contributed by atoms with Gasteiger partial charge in [0, 0.05) is 17.1 Å². The number of ether oxygens (including phenoxy) is 1. The van der Waals surface area contributed by atoms with Crippen molar-refractivity contribution in [2.75, 3.05) is 12.4 Å².